The Kier molecular flexibility index (Phi) is 3.54. The first-order valence-corrected chi connectivity index (χ1v) is 8.56. The lowest BCUT2D eigenvalue weighted by atomic mass is 9.69. The van der Waals surface area contributed by atoms with Crippen LogP contribution in [0.1, 0.15) is 46.5 Å². The van der Waals surface area contributed by atoms with Gasteiger partial charge in [-0.1, -0.05) is 20.8 Å². The van der Waals surface area contributed by atoms with Crippen molar-refractivity contribution in [3.63, 3.8) is 0 Å². The molecular formula is C13H26N2O2S. The number of hydrogen-bond donors (Lipinski definition) is 2. The second-order valence-electron chi connectivity index (χ2n) is 6.93. The summed E-state index contributed by atoms with van der Waals surface area (Å²) in [5.41, 5.74) is 5.61. The van der Waals surface area contributed by atoms with E-state index < -0.39 is 10.0 Å². The predicted octanol–water partition coefficient (Wildman–Crippen LogP) is 1.47. The van der Waals surface area contributed by atoms with Crippen molar-refractivity contribution in [3.8, 4) is 0 Å². The number of sulfonamides is 1. The lowest BCUT2D eigenvalue weighted by Crippen LogP contribution is -2.52. The highest BCUT2D eigenvalue weighted by Gasteiger charge is 2.60. The van der Waals surface area contributed by atoms with Crippen LogP contribution in [0.2, 0.25) is 0 Å². The van der Waals surface area contributed by atoms with Crippen LogP contribution in [-0.2, 0) is 10.0 Å². The molecule has 2 aliphatic rings. The summed E-state index contributed by atoms with van der Waals surface area (Å²) < 4.78 is 27.1. The van der Waals surface area contributed by atoms with E-state index in [0.29, 0.717) is 18.9 Å². The highest BCUT2D eigenvalue weighted by Crippen LogP contribution is 2.62. The molecule has 106 valence electrons. The summed E-state index contributed by atoms with van der Waals surface area (Å²) in [4.78, 5) is 0. The molecule has 0 aliphatic heterocycles. The van der Waals surface area contributed by atoms with Crippen molar-refractivity contribution >= 4 is 10.0 Å². The Morgan fingerprint density at radius 3 is 2.50 bits per heavy atom. The molecule has 0 amide bonds. The zero-order valence-corrected chi connectivity index (χ0v) is 12.5. The summed E-state index contributed by atoms with van der Waals surface area (Å²) in [7, 11) is -3.19. The van der Waals surface area contributed by atoms with E-state index >= 15 is 0 Å². The van der Waals surface area contributed by atoms with Gasteiger partial charge < -0.3 is 5.73 Å². The molecule has 2 fully saturated rings. The number of hydrogen-bond acceptors (Lipinski definition) is 3. The first kappa shape index (κ1) is 14.3. The highest BCUT2D eigenvalue weighted by atomic mass is 32.2. The third-order valence-electron chi connectivity index (χ3n) is 5.18. The molecule has 0 aromatic heterocycles. The van der Waals surface area contributed by atoms with E-state index in [1.54, 1.807) is 0 Å². The van der Waals surface area contributed by atoms with E-state index in [4.69, 9.17) is 5.73 Å². The average Bonchev–Trinajstić information content (AvgIpc) is 2.73. The van der Waals surface area contributed by atoms with Crippen LogP contribution < -0.4 is 10.5 Å². The molecule has 2 aliphatic carbocycles. The fourth-order valence-corrected chi connectivity index (χ4v) is 5.72. The Labute approximate surface area is 111 Å². The number of fused-ring (bicyclic) bond motifs is 2. The van der Waals surface area contributed by atoms with Gasteiger partial charge in [0.05, 0.1) is 5.75 Å². The van der Waals surface area contributed by atoms with Gasteiger partial charge in [0.2, 0.25) is 10.0 Å². The van der Waals surface area contributed by atoms with Crippen molar-refractivity contribution in [2.75, 3.05) is 12.3 Å². The highest BCUT2D eigenvalue weighted by molar-refractivity contribution is 7.89. The summed E-state index contributed by atoms with van der Waals surface area (Å²) in [6.07, 6.45) is 4.07. The van der Waals surface area contributed by atoms with E-state index in [1.807, 2.05) is 0 Å². The first-order chi connectivity index (χ1) is 8.21. The summed E-state index contributed by atoms with van der Waals surface area (Å²) in [6, 6.07) is 0.0755. The van der Waals surface area contributed by atoms with E-state index in [2.05, 4.69) is 25.5 Å². The minimum absolute atomic E-state index is 0.0722. The third kappa shape index (κ3) is 2.32. The van der Waals surface area contributed by atoms with Crippen molar-refractivity contribution in [3.05, 3.63) is 0 Å². The zero-order valence-electron chi connectivity index (χ0n) is 11.7. The van der Waals surface area contributed by atoms with Crippen LogP contribution in [0, 0.1) is 16.7 Å². The maximum atomic E-state index is 12.1. The van der Waals surface area contributed by atoms with Gasteiger partial charge in [-0.25, -0.2) is 13.1 Å². The molecule has 5 heteroatoms. The van der Waals surface area contributed by atoms with Crippen LogP contribution in [0.25, 0.3) is 0 Å². The van der Waals surface area contributed by atoms with Gasteiger partial charge >= 0.3 is 0 Å². The fourth-order valence-electron chi connectivity index (χ4n) is 4.11. The van der Waals surface area contributed by atoms with E-state index in [0.717, 1.165) is 12.8 Å². The molecule has 2 bridgehead atoms. The molecule has 0 aromatic rings. The second kappa shape index (κ2) is 4.46. The van der Waals surface area contributed by atoms with Gasteiger partial charge in [0.15, 0.2) is 0 Å². The van der Waals surface area contributed by atoms with E-state index in [1.165, 1.54) is 6.42 Å². The average molecular weight is 274 g/mol. The van der Waals surface area contributed by atoms with Gasteiger partial charge in [0.1, 0.15) is 0 Å². The van der Waals surface area contributed by atoms with Gasteiger partial charge in [-0.05, 0) is 49.0 Å². The predicted molar refractivity (Wildman–Crippen MR) is 73.6 cm³/mol. The van der Waals surface area contributed by atoms with Gasteiger partial charge in [0, 0.05) is 6.04 Å². The summed E-state index contributed by atoms with van der Waals surface area (Å²) in [5, 5.41) is 0. The van der Waals surface area contributed by atoms with Crippen LogP contribution >= 0.6 is 0 Å². The van der Waals surface area contributed by atoms with Crippen molar-refractivity contribution in [1.29, 1.82) is 0 Å². The molecule has 0 radical (unpaired) electrons. The molecule has 0 saturated heterocycles. The van der Waals surface area contributed by atoms with Gasteiger partial charge in [0.25, 0.3) is 0 Å². The monoisotopic (exact) mass is 274 g/mol. The Bertz CT molecular complexity index is 414. The van der Waals surface area contributed by atoms with Crippen molar-refractivity contribution in [1.82, 2.24) is 4.72 Å². The smallest absolute Gasteiger partial charge is 0.211 e. The number of rotatable bonds is 5. The Hall–Kier alpha value is -0.130. The molecule has 0 spiro atoms. The molecule has 2 rings (SSSR count). The maximum Gasteiger partial charge on any atom is 0.211 e. The molecular weight excluding hydrogens is 248 g/mol. The fraction of sp³-hybridized carbons (Fsp3) is 1.00. The normalized spacial score (nSPS) is 38.2. The maximum absolute atomic E-state index is 12.1. The van der Waals surface area contributed by atoms with Crippen molar-refractivity contribution in [2.24, 2.45) is 22.5 Å². The van der Waals surface area contributed by atoms with Crippen molar-refractivity contribution < 1.29 is 8.42 Å². The van der Waals surface area contributed by atoms with Crippen LogP contribution in [0.4, 0.5) is 0 Å². The lowest BCUT2D eigenvalue weighted by Gasteiger charge is -2.42. The molecule has 3 unspecified atom stereocenters. The second-order valence-corrected chi connectivity index (χ2v) is 8.80. The minimum Gasteiger partial charge on any atom is -0.330 e. The number of nitrogens with two attached hydrogens (primary N) is 1. The van der Waals surface area contributed by atoms with Crippen LogP contribution in [0.15, 0.2) is 0 Å². The van der Waals surface area contributed by atoms with E-state index in [-0.39, 0.29) is 22.6 Å². The number of nitrogens with one attached hydrogen (secondary N) is 1. The van der Waals surface area contributed by atoms with Crippen LogP contribution in [-0.4, -0.2) is 26.8 Å². The first-order valence-electron chi connectivity index (χ1n) is 6.91. The quantitative estimate of drug-likeness (QED) is 0.797. The third-order valence-corrected chi connectivity index (χ3v) is 6.61. The van der Waals surface area contributed by atoms with Crippen LogP contribution in [0.3, 0.4) is 0 Å². The molecule has 0 heterocycles. The molecule has 3 atom stereocenters. The topological polar surface area (TPSA) is 72.2 Å². The Morgan fingerprint density at radius 2 is 2.00 bits per heavy atom. The Balaban J connectivity index is 2.14. The molecule has 2 saturated carbocycles. The van der Waals surface area contributed by atoms with Gasteiger partial charge in [-0.2, -0.15) is 0 Å². The SMILES string of the molecule is CC12CCC(C1)C(C)(C)C2NS(=O)(=O)CCCN. The van der Waals surface area contributed by atoms with E-state index in [9.17, 15) is 8.42 Å². The van der Waals surface area contributed by atoms with Gasteiger partial charge in [-0.15, -0.1) is 0 Å². The lowest BCUT2D eigenvalue weighted by molar-refractivity contribution is 0.127. The molecule has 3 N–H and O–H groups in total. The largest absolute Gasteiger partial charge is 0.330 e. The zero-order chi connectivity index (χ0) is 13.6. The Morgan fingerprint density at radius 1 is 1.33 bits per heavy atom. The molecule has 18 heavy (non-hydrogen) atoms. The summed E-state index contributed by atoms with van der Waals surface area (Å²) >= 11 is 0. The summed E-state index contributed by atoms with van der Waals surface area (Å²) in [5.74, 6) is 0.807. The minimum atomic E-state index is -3.19. The molecule has 4 nitrogen and oxygen atoms in total. The van der Waals surface area contributed by atoms with Gasteiger partial charge in [-0.3, -0.25) is 0 Å². The van der Waals surface area contributed by atoms with Crippen LogP contribution in [0.5, 0.6) is 0 Å². The summed E-state index contributed by atoms with van der Waals surface area (Å²) in [6.45, 7) is 7.07. The van der Waals surface area contributed by atoms with Crippen molar-refractivity contribution in [2.45, 2.75) is 52.5 Å². The standard InChI is InChI=1S/C13H26N2O2S/c1-12(2)10-5-6-13(3,9-10)11(12)15-18(16,17)8-4-7-14/h10-11,15H,4-9,14H2,1-3H3. The molecule has 0 aromatic carbocycles.